The van der Waals surface area contributed by atoms with Crippen LogP contribution in [-0.4, -0.2) is 40.0 Å². The number of urea groups is 1. The lowest BCUT2D eigenvalue weighted by molar-refractivity contribution is 0.191. The first kappa shape index (κ1) is 17.4. The molecule has 6 nitrogen and oxygen atoms in total. The number of methoxy groups -OCH3 is 1. The molecule has 1 saturated carbocycles. The molecule has 0 saturated heterocycles. The Balaban J connectivity index is 1.36. The molecule has 6 heteroatoms. The van der Waals surface area contributed by atoms with Crippen molar-refractivity contribution in [3.63, 3.8) is 0 Å². The zero-order valence-electron chi connectivity index (χ0n) is 15.5. The second kappa shape index (κ2) is 7.70. The first-order chi connectivity index (χ1) is 13.2. The van der Waals surface area contributed by atoms with Gasteiger partial charge in [-0.2, -0.15) is 0 Å². The van der Waals surface area contributed by atoms with E-state index in [1.807, 2.05) is 64.2 Å². The van der Waals surface area contributed by atoms with Crippen molar-refractivity contribution < 1.29 is 9.53 Å². The molecule has 140 valence electrons. The molecule has 0 unspecified atom stereocenters. The largest absolute Gasteiger partial charge is 0.497 e. The predicted molar refractivity (Wildman–Crippen MR) is 104 cm³/mol. The number of benzene rings is 1. The third-order valence-electron chi connectivity index (χ3n) is 4.92. The Kier molecular flexibility index (Phi) is 4.96. The number of carbonyl (C=O) groups excluding carboxylic acids is 1. The first-order valence-electron chi connectivity index (χ1n) is 9.33. The average Bonchev–Trinajstić information content (AvgIpc) is 3.47. The summed E-state index contributed by atoms with van der Waals surface area (Å²) in [6.07, 6.45) is 6.79. The van der Waals surface area contributed by atoms with Gasteiger partial charge in [-0.25, -0.2) is 9.78 Å². The van der Waals surface area contributed by atoms with E-state index in [0.29, 0.717) is 19.1 Å². The van der Waals surface area contributed by atoms with E-state index in [-0.39, 0.29) is 6.03 Å². The number of hydrogen-bond acceptors (Lipinski definition) is 3. The highest BCUT2D eigenvalue weighted by atomic mass is 16.5. The zero-order chi connectivity index (χ0) is 18.6. The van der Waals surface area contributed by atoms with Gasteiger partial charge >= 0.3 is 6.03 Å². The third-order valence-corrected chi connectivity index (χ3v) is 4.92. The average molecular weight is 364 g/mol. The monoisotopic (exact) mass is 364 g/mol. The topological polar surface area (TPSA) is 58.9 Å². The Morgan fingerprint density at radius 3 is 2.81 bits per heavy atom. The molecule has 1 fully saturated rings. The smallest absolute Gasteiger partial charge is 0.318 e. The number of amides is 2. The fourth-order valence-electron chi connectivity index (χ4n) is 3.24. The van der Waals surface area contributed by atoms with Gasteiger partial charge in [-0.3, -0.25) is 0 Å². The number of imidazole rings is 1. The first-order valence-corrected chi connectivity index (χ1v) is 9.33. The standard InChI is InChI=1S/C21H24N4O2/c1-27-19-9-5-16(6-10-19)11-12-22-21(26)25(17-7-8-17)15-18-14-23-20-4-2-3-13-24(18)20/h2-6,9-10,13-14,17H,7-8,11-12,15H2,1H3,(H,22,26). The van der Waals surface area contributed by atoms with Crippen molar-refractivity contribution in [3.05, 3.63) is 66.1 Å². The molecule has 2 heterocycles. The molecule has 2 aromatic heterocycles. The molecule has 1 N–H and O–H groups in total. The van der Waals surface area contributed by atoms with Crippen molar-refractivity contribution in [3.8, 4) is 5.75 Å². The second-order valence-electron chi connectivity index (χ2n) is 6.87. The van der Waals surface area contributed by atoms with Crippen molar-refractivity contribution in [2.75, 3.05) is 13.7 Å². The molecule has 4 rings (SSSR count). The summed E-state index contributed by atoms with van der Waals surface area (Å²) in [5.74, 6) is 0.843. The van der Waals surface area contributed by atoms with Crippen molar-refractivity contribution in [2.45, 2.75) is 31.8 Å². The number of pyridine rings is 1. The van der Waals surface area contributed by atoms with Crippen LogP contribution in [0.25, 0.3) is 5.65 Å². The van der Waals surface area contributed by atoms with Crippen LogP contribution in [0.3, 0.4) is 0 Å². The summed E-state index contributed by atoms with van der Waals surface area (Å²) in [5, 5.41) is 3.07. The Morgan fingerprint density at radius 1 is 1.26 bits per heavy atom. The highest BCUT2D eigenvalue weighted by Gasteiger charge is 2.33. The van der Waals surface area contributed by atoms with Crippen molar-refractivity contribution in [1.82, 2.24) is 19.6 Å². The molecule has 1 aromatic carbocycles. The molecule has 1 aliphatic rings. The maximum atomic E-state index is 12.7. The molecule has 2 amide bonds. The van der Waals surface area contributed by atoms with Gasteiger partial charge in [0.1, 0.15) is 11.4 Å². The minimum Gasteiger partial charge on any atom is -0.497 e. The van der Waals surface area contributed by atoms with E-state index >= 15 is 0 Å². The summed E-state index contributed by atoms with van der Waals surface area (Å²) in [6.45, 7) is 1.19. The van der Waals surface area contributed by atoms with Gasteiger partial charge < -0.3 is 19.4 Å². The lowest BCUT2D eigenvalue weighted by atomic mass is 10.1. The molecule has 3 aromatic rings. The Hall–Kier alpha value is -3.02. The predicted octanol–water partition coefficient (Wildman–Crippen LogP) is 3.26. The molecule has 0 spiro atoms. The van der Waals surface area contributed by atoms with E-state index in [4.69, 9.17) is 4.74 Å². The van der Waals surface area contributed by atoms with Gasteiger partial charge in [0.2, 0.25) is 0 Å². The molecule has 0 aliphatic heterocycles. The Bertz CT molecular complexity index is 915. The van der Waals surface area contributed by atoms with Crippen LogP contribution in [0.5, 0.6) is 5.75 Å². The van der Waals surface area contributed by atoms with Crippen LogP contribution in [-0.2, 0) is 13.0 Å². The molecule has 0 atom stereocenters. The summed E-state index contributed by atoms with van der Waals surface area (Å²) < 4.78 is 7.22. The molecule has 0 radical (unpaired) electrons. The Morgan fingerprint density at radius 2 is 2.07 bits per heavy atom. The van der Waals surface area contributed by atoms with E-state index in [1.54, 1.807) is 7.11 Å². The number of carbonyl (C=O) groups is 1. The van der Waals surface area contributed by atoms with Crippen molar-refractivity contribution >= 4 is 11.7 Å². The Labute approximate surface area is 158 Å². The number of nitrogens with one attached hydrogen (secondary N) is 1. The minimum absolute atomic E-state index is 0.00288. The van der Waals surface area contributed by atoms with Crippen LogP contribution in [0.1, 0.15) is 24.1 Å². The maximum absolute atomic E-state index is 12.7. The summed E-state index contributed by atoms with van der Waals surface area (Å²) in [4.78, 5) is 19.1. The SMILES string of the molecule is COc1ccc(CCNC(=O)N(Cc2cnc3ccccn23)C2CC2)cc1. The van der Waals surface area contributed by atoms with Crippen LogP contribution in [0.4, 0.5) is 4.79 Å². The lowest BCUT2D eigenvalue weighted by Crippen LogP contribution is -2.41. The molecular weight excluding hydrogens is 340 g/mol. The van der Waals surface area contributed by atoms with E-state index in [9.17, 15) is 4.79 Å². The van der Waals surface area contributed by atoms with Gasteiger partial charge in [0.05, 0.1) is 25.5 Å². The number of nitrogens with zero attached hydrogens (tertiary/aromatic N) is 3. The van der Waals surface area contributed by atoms with Gasteiger partial charge in [-0.1, -0.05) is 18.2 Å². The fraction of sp³-hybridized carbons (Fsp3) is 0.333. The van der Waals surface area contributed by atoms with Crippen LogP contribution in [0.15, 0.2) is 54.9 Å². The molecule has 0 bridgehead atoms. The summed E-state index contributed by atoms with van der Waals surface area (Å²) >= 11 is 0. The zero-order valence-corrected chi connectivity index (χ0v) is 15.5. The third kappa shape index (κ3) is 4.05. The second-order valence-corrected chi connectivity index (χ2v) is 6.87. The number of hydrogen-bond donors (Lipinski definition) is 1. The van der Waals surface area contributed by atoms with Gasteiger partial charge in [-0.15, -0.1) is 0 Å². The van der Waals surface area contributed by atoms with Crippen LogP contribution >= 0.6 is 0 Å². The summed E-state index contributed by atoms with van der Waals surface area (Å²) in [6, 6.07) is 14.2. The number of aromatic nitrogens is 2. The van der Waals surface area contributed by atoms with Gasteiger partial charge in [-0.05, 0) is 49.1 Å². The molecule has 1 aliphatic carbocycles. The fourth-order valence-corrected chi connectivity index (χ4v) is 3.24. The van der Waals surface area contributed by atoms with Gasteiger partial charge in [0.15, 0.2) is 0 Å². The molecular formula is C21H24N4O2. The quantitative estimate of drug-likeness (QED) is 0.700. The van der Waals surface area contributed by atoms with Crippen molar-refractivity contribution in [2.24, 2.45) is 0 Å². The van der Waals surface area contributed by atoms with E-state index in [1.165, 1.54) is 5.56 Å². The minimum atomic E-state index is -0.00288. The van der Waals surface area contributed by atoms with E-state index in [2.05, 4.69) is 10.3 Å². The lowest BCUT2D eigenvalue weighted by Gasteiger charge is -2.22. The van der Waals surface area contributed by atoms with Crippen LogP contribution < -0.4 is 10.1 Å². The number of ether oxygens (including phenoxy) is 1. The highest BCUT2D eigenvalue weighted by molar-refractivity contribution is 5.75. The maximum Gasteiger partial charge on any atom is 0.318 e. The van der Waals surface area contributed by atoms with Gasteiger partial charge in [0, 0.05) is 18.8 Å². The van der Waals surface area contributed by atoms with Gasteiger partial charge in [0.25, 0.3) is 0 Å². The number of rotatable bonds is 7. The van der Waals surface area contributed by atoms with Crippen LogP contribution in [0.2, 0.25) is 0 Å². The van der Waals surface area contributed by atoms with E-state index in [0.717, 1.165) is 36.4 Å². The highest BCUT2D eigenvalue weighted by Crippen LogP contribution is 2.28. The summed E-state index contributed by atoms with van der Waals surface area (Å²) in [5.41, 5.74) is 3.11. The normalized spacial score (nSPS) is 13.5. The summed E-state index contributed by atoms with van der Waals surface area (Å²) in [7, 11) is 1.66. The number of fused-ring (bicyclic) bond motifs is 1. The molecule has 27 heavy (non-hydrogen) atoms. The van der Waals surface area contributed by atoms with Crippen LogP contribution in [0, 0.1) is 0 Å². The van der Waals surface area contributed by atoms with Crippen molar-refractivity contribution in [1.29, 1.82) is 0 Å². The van der Waals surface area contributed by atoms with E-state index < -0.39 is 0 Å².